The highest BCUT2D eigenvalue weighted by Crippen LogP contribution is 1.96. The van der Waals surface area contributed by atoms with Gasteiger partial charge in [-0.2, -0.15) is 0 Å². The van der Waals surface area contributed by atoms with Gasteiger partial charge in [0.2, 0.25) is 0 Å². The number of hydrogen-bond acceptors (Lipinski definition) is 2. The summed E-state index contributed by atoms with van der Waals surface area (Å²) in [5.74, 6) is 1.72. The summed E-state index contributed by atoms with van der Waals surface area (Å²) in [6.07, 6.45) is 1.68. The zero-order valence-electron chi connectivity index (χ0n) is 5.63. The largest absolute Gasteiger partial charge is 0.315 e. The fraction of sp³-hybridized carbons (Fsp3) is 0.333. The fourth-order valence-electron chi connectivity index (χ4n) is 0.601. The molecule has 3 nitrogen and oxygen atoms in total. The Morgan fingerprint density at radius 3 is 2.44 bits per heavy atom. The van der Waals surface area contributed by atoms with E-state index in [1.165, 1.54) is 0 Å². The number of aryl methyl sites for hydroxylation is 1. The van der Waals surface area contributed by atoms with Crippen LogP contribution in [-0.4, -0.2) is 14.8 Å². The summed E-state index contributed by atoms with van der Waals surface area (Å²) >= 11 is 0. The van der Waals surface area contributed by atoms with Crippen molar-refractivity contribution in [2.75, 3.05) is 0 Å². The van der Waals surface area contributed by atoms with Gasteiger partial charge in [-0.05, 0) is 13.0 Å². The lowest BCUT2D eigenvalue weighted by molar-refractivity contribution is 0.849. The molecule has 48 valence electrons. The summed E-state index contributed by atoms with van der Waals surface area (Å²) in [4.78, 5) is 0. The maximum absolute atomic E-state index is 3.83. The molecule has 0 radical (unpaired) electrons. The van der Waals surface area contributed by atoms with E-state index in [4.69, 9.17) is 0 Å². The van der Waals surface area contributed by atoms with Crippen LogP contribution in [0.3, 0.4) is 0 Å². The first-order valence-electron chi connectivity index (χ1n) is 2.74. The highest BCUT2D eigenvalue weighted by molar-refractivity contribution is 5.35. The van der Waals surface area contributed by atoms with Crippen molar-refractivity contribution < 1.29 is 0 Å². The van der Waals surface area contributed by atoms with Crippen LogP contribution in [0.2, 0.25) is 0 Å². The van der Waals surface area contributed by atoms with Gasteiger partial charge in [0.25, 0.3) is 0 Å². The molecular formula is C6H9N3. The van der Waals surface area contributed by atoms with Gasteiger partial charge in [-0.25, -0.2) is 0 Å². The third-order valence-electron chi connectivity index (χ3n) is 1.31. The van der Waals surface area contributed by atoms with Crippen LogP contribution >= 0.6 is 0 Å². The van der Waals surface area contributed by atoms with Crippen molar-refractivity contribution in [1.29, 1.82) is 0 Å². The molecule has 0 unspecified atom stereocenters. The summed E-state index contributed by atoms with van der Waals surface area (Å²) in [6.45, 7) is 5.48. The van der Waals surface area contributed by atoms with Crippen LogP contribution in [0.4, 0.5) is 0 Å². The average molecular weight is 123 g/mol. The molecular weight excluding hydrogens is 114 g/mol. The van der Waals surface area contributed by atoms with Crippen molar-refractivity contribution in [2.45, 2.75) is 6.92 Å². The first-order valence-corrected chi connectivity index (χ1v) is 2.74. The summed E-state index contributed by atoms with van der Waals surface area (Å²) in [6, 6.07) is 0. The van der Waals surface area contributed by atoms with Crippen molar-refractivity contribution in [2.24, 2.45) is 7.05 Å². The summed E-state index contributed by atoms with van der Waals surface area (Å²) in [7, 11) is 1.91. The Labute approximate surface area is 54.0 Å². The molecule has 0 N–H and O–H groups in total. The van der Waals surface area contributed by atoms with Crippen LogP contribution < -0.4 is 0 Å². The molecule has 0 saturated carbocycles. The van der Waals surface area contributed by atoms with E-state index in [1.54, 1.807) is 6.08 Å². The third-order valence-corrected chi connectivity index (χ3v) is 1.31. The molecule has 3 heteroatoms. The topological polar surface area (TPSA) is 30.7 Å². The van der Waals surface area contributed by atoms with Gasteiger partial charge in [0.15, 0.2) is 5.82 Å². The van der Waals surface area contributed by atoms with Crippen LogP contribution in [0.5, 0.6) is 0 Å². The maximum atomic E-state index is 3.83. The van der Waals surface area contributed by atoms with Gasteiger partial charge < -0.3 is 4.57 Å². The SMILES string of the molecule is C=Cc1nnc(C)n1C. The molecule has 1 aromatic rings. The third kappa shape index (κ3) is 0.850. The highest BCUT2D eigenvalue weighted by atomic mass is 15.3. The quantitative estimate of drug-likeness (QED) is 0.552. The Bertz CT molecular complexity index is 224. The molecule has 0 atom stereocenters. The number of aromatic nitrogens is 3. The number of rotatable bonds is 1. The first kappa shape index (κ1) is 6.01. The highest BCUT2D eigenvalue weighted by Gasteiger charge is 1.97. The van der Waals surface area contributed by atoms with Crippen LogP contribution in [0.25, 0.3) is 6.08 Å². The fourth-order valence-corrected chi connectivity index (χ4v) is 0.601. The maximum Gasteiger partial charge on any atom is 0.155 e. The molecule has 0 aromatic carbocycles. The Kier molecular flexibility index (Phi) is 1.34. The summed E-state index contributed by atoms with van der Waals surface area (Å²) in [5.41, 5.74) is 0. The zero-order chi connectivity index (χ0) is 6.85. The van der Waals surface area contributed by atoms with Crippen LogP contribution in [0.1, 0.15) is 11.6 Å². The average Bonchev–Trinajstić information content (AvgIpc) is 2.15. The van der Waals surface area contributed by atoms with Crippen molar-refractivity contribution in [3.63, 3.8) is 0 Å². The molecule has 0 saturated heterocycles. The minimum absolute atomic E-state index is 0.813. The van der Waals surface area contributed by atoms with E-state index in [9.17, 15) is 0 Å². The second-order valence-corrected chi connectivity index (χ2v) is 1.87. The lowest BCUT2D eigenvalue weighted by Crippen LogP contribution is -1.92. The molecule has 0 aliphatic heterocycles. The molecule has 9 heavy (non-hydrogen) atoms. The van der Waals surface area contributed by atoms with Gasteiger partial charge in [0, 0.05) is 7.05 Å². The van der Waals surface area contributed by atoms with Crippen LogP contribution in [0, 0.1) is 6.92 Å². The molecule has 1 aromatic heterocycles. The second kappa shape index (κ2) is 2.01. The Balaban J connectivity index is 3.18. The molecule has 0 aliphatic rings. The lowest BCUT2D eigenvalue weighted by atomic mass is 10.6. The molecule has 0 spiro atoms. The van der Waals surface area contributed by atoms with Crippen LogP contribution in [-0.2, 0) is 7.05 Å². The monoisotopic (exact) mass is 123 g/mol. The lowest BCUT2D eigenvalue weighted by Gasteiger charge is -1.92. The molecule has 1 heterocycles. The first-order chi connectivity index (χ1) is 4.25. The normalized spacial score (nSPS) is 9.56. The number of hydrogen-bond donors (Lipinski definition) is 0. The smallest absolute Gasteiger partial charge is 0.155 e. The summed E-state index contributed by atoms with van der Waals surface area (Å²) < 4.78 is 1.88. The predicted octanol–water partition coefficient (Wildman–Crippen LogP) is 0.767. The molecule has 0 aliphatic carbocycles. The van der Waals surface area contributed by atoms with Gasteiger partial charge in [-0.15, -0.1) is 10.2 Å². The second-order valence-electron chi connectivity index (χ2n) is 1.87. The molecule has 0 bridgehead atoms. The molecule has 0 fully saturated rings. The van der Waals surface area contributed by atoms with Gasteiger partial charge in [0.05, 0.1) is 0 Å². The van der Waals surface area contributed by atoms with E-state index in [1.807, 2.05) is 18.5 Å². The van der Waals surface area contributed by atoms with E-state index in [0.717, 1.165) is 11.6 Å². The van der Waals surface area contributed by atoms with Crippen molar-refractivity contribution >= 4 is 6.08 Å². The van der Waals surface area contributed by atoms with Crippen molar-refractivity contribution in [1.82, 2.24) is 14.8 Å². The van der Waals surface area contributed by atoms with Gasteiger partial charge >= 0.3 is 0 Å². The van der Waals surface area contributed by atoms with Gasteiger partial charge in [-0.1, -0.05) is 6.58 Å². The van der Waals surface area contributed by atoms with E-state index in [-0.39, 0.29) is 0 Å². The Morgan fingerprint density at radius 1 is 1.56 bits per heavy atom. The molecule has 0 amide bonds. The predicted molar refractivity (Wildman–Crippen MR) is 35.8 cm³/mol. The van der Waals surface area contributed by atoms with E-state index in [2.05, 4.69) is 16.8 Å². The van der Waals surface area contributed by atoms with E-state index >= 15 is 0 Å². The zero-order valence-corrected chi connectivity index (χ0v) is 5.63. The molecule has 1 rings (SSSR count). The van der Waals surface area contributed by atoms with E-state index in [0.29, 0.717) is 0 Å². The Hall–Kier alpha value is -1.12. The minimum atomic E-state index is 0.813. The van der Waals surface area contributed by atoms with Crippen molar-refractivity contribution in [3.05, 3.63) is 18.2 Å². The standard InChI is InChI=1S/C6H9N3/c1-4-6-8-7-5(2)9(6)3/h4H,1H2,2-3H3. The van der Waals surface area contributed by atoms with Gasteiger partial charge in [-0.3, -0.25) is 0 Å². The van der Waals surface area contributed by atoms with Crippen molar-refractivity contribution in [3.8, 4) is 0 Å². The van der Waals surface area contributed by atoms with Gasteiger partial charge in [0.1, 0.15) is 5.82 Å². The minimum Gasteiger partial charge on any atom is -0.315 e. The number of nitrogens with zero attached hydrogens (tertiary/aromatic N) is 3. The summed E-state index contributed by atoms with van der Waals surface area (Å²) in [5, 5.41) is 7.66. The van der Waals surface area contributed by atoms with E-state index < -0.39 is 0 Å². The Morgan fingerprint density at radius 2 is 2.22 bits per heavy atom. The van der Waals surface area contributed by atoms with Crippen LogP contribution in [0.15, 0.2) is 6.58 Å².